The van der Waals surface area contributed by atoms with Crippen molar-refractivity contribution in [3.63, 3.8) is 0 Å². The summed E-state index contributed by atoms with van der Waals surface area (Å²) in [5.74, 6) is 0. The number of aromatic amines is 1. The highest BCUT2D eigenvalue weighted by atomic mass is 35.5. The molecule has 0 atom stereocenters. The fourth-order valence-electron chi connectivity index (χ4n) is 3.68. The second kappa shape index (κ2) is 4.23. The molecule has 1 fully saturated rings. The monoisotopic (exact) mass is 275 g/mol. The van der Waals surface area contributed by atoms with Gasteiger partial charge in [0.2, 0.25) is 0 Å². The number of hydrogen-bond donors (Lipinski definition) is 3. The van der Waals surface area contributed by atoms with E-state index in [0.717, 1.165) is 43.9 Å². The zero-order valence-corrected chi connectivity index (χ0v) is 11.6. The van der Waals surface area contributed by atoms with Gasteiger partial charge < -0.3 is 15.6 Å². The Morgan fingerprint density at radius 2 is 1.95 bits per heavy atom. The molecular formula is C15H18ClN3. The summed E-state index contributed by atoms with van der Waals surface area (Å²) in [5, 5.41) is 9.35. The Morgan fingerprint density at radius 1 is 1.11 bits per heavy atom. The Bertz CT molecular complexity index is 626. The third kappa shape index (κ3) is 1.72. The van der Waals surface area contributed by atoms with Crippen LogP contribution in [0.2, 0.25) is 5.02 Å². The van der Waals surface area contributed by atoms with Crippen molar-refractivity contribution in [1.82, 2.24) is 15.6 Å². The first-order valence-corrected chi connectivity index (χ1v) is 7.43. The van der Waals surface area contributed by atoms with Crippen molar-refractivity contribution >= 4 is 22.5 Å². The molecule has 3 nitrogen and oxygen atoms in total. The van der Waals surface area contributed by atoms with E-state index >= 15 is 0 Å². The Balaban J connectivity index is 1.93. The molecule has 4 heteroatoms. The van der Waals surface area contributed by atoms with Gasteiger partial charge in [0.25, 0.3) is 0 Å². The number of fused-ring (bicyclic) bond motifs is 4. The van der Waals surface area contributed by atoms with Gasteiger partial charge in [-0.25, -0.2) is 0 Å². The molecule has 0 unspecified atom stereocenters. The van der Waals surface area contributed by atoms with Gasteiger partial charge in [-0.15, -0.1) is 0 Å². The van der Waals surface area contributed by atoms with Gasteiger partial charge >= 0.3 is 0 Å². The number of rotatable bonds is 0. The van der Waals surface area contributed by atoms with E-state index in [9.17, 15) is 0 Å². The molecule has 2 aromatic rings. The average molecular weight is 276 g/mol. The molecule has 4 rings (SSSR count). The number of benzene rings is 1. The third-order valence-corrected chi connectivity index (χ3v) is 4.88. The summed E-state index contributed by atoms with van der Waals surface area (Å²) >= 11 is 6.16. The molecule has 19 heavy (non-hydrogen) atoms. The number of halogens is 1. The van der Waals surface area contributed by atoms with E-state index in [1.165, 1.54) is 22.2 Å². The number of nitrogens with one attached hydrogen (secondary N) is 3. The number of aromatic nitrogens is 1. The van der Waals surface area contributed by atoms with Crippen molar-refractivity contribution in [3.05, 3.63) is 34.5 Å². The summed E-state index contributed by atoms with van der Waals surface area (Å²) in [7, 11) is 0. The summed E-state index contributed by atoms with van der Waals surface area (Å²) in [6, 6.07) is 6.17. The van der Waals surface area contributed by atoms with E-state index in [1.54, 1.807) is 0 Å². The fraction of sp³-hybridized carbons (Fsp3) is 0.467. The first-order valence-electron chi connectivity index (χ1n) is 7.05. The van der Waals surface area contributed by atoms with E-state index in [0.29, 0.717) is 0 Å². The Hall–Kier alpha value is -1.03. The zero-order valence-electron chi connectivity index (χ0n) is 10.9. The molecule has 3 heterocycles. The van der Waals surface area contributed by atoms with Gasteiger partial charge in [0.1, 0.15) is 0 Å². The lowest BCUT2D eigenvalue weighted by molar-refractivity contribution is 0.230. The minimum atomic E-state index is 0.143. The minimum Gasteiger partial charge on any atom is -0.357 e. The Labute approximate surface area is 117 Å². The van der Waals surface area contributed by atoms with Crippen LogP contribution in [0.5, 0.6) is 0 Å². The highest BCUT2D eigenvalue weighted by Gasteiger charge is 2.39. The van der Waals surface area contributed by atoms with Crippen molar-refractivity contribution in [3.8, 4) is 0 Å². The quantitative estimate of drug-likeness (QED) is 0.691. The normalized spacial score (nSPS) is 21.7. The largest absolute Gasteiger partial charge is 0.357 e. The van der Waals surface area contributed by atoms with E-state index < -0.39 is 0 Å². The molecule has 1 saturated heterocycles. The lowest BCUT2D eigenvalue weighted by Gasteiger charge is -2.41. The van der Waals surface area contributed by atoms with Crippen LogP contribution in [0.25, 0.3) is 10.9 Å². The second-order valence-corrected chi connectivity index (χ2v) is 6.11. The van der Waals surface area contributed by atoms with Crippen LogP contribution in [-0.4, -0.2) is 24.6 Å². The molecule has 1 spiro atoms. The van der Waals surface area contributed by atoms with Gasteiger partial charge in [-0.05, 0) is 56.1 Å². The lowest BCUT2D eigenvalue weighted by Crippen LogP contribution is -2.53. The highest BCUT2D eigenvalue weighted by Crippen LogP contribution is 2.39. The maximum Gasteiger partial charge on any atom is 0.0614 e. The molecule has 1 aromatic carbocycles. The van der Waals surface area contributed by atoms with Crippen molar-refractivity contribution < 1.29 is 0 Å². The minimum absolute atomic E-state index is 0.143. The summed E-state index contributed by atoms with van der Waals surface area (Å²) in [5.41, 5.74) is 4.23. The molecule has 100 valence electrons. The van der Waals surface area contributed by atoms with Crippen LogP contribution in [0.4, 0.5) is 0 Å². The third-order valence-electron chi connectivity index (χ3n) is 4.64. The van der Waals surface area contributed by atoms with Gasteiger partial charge in [0.05, 0.1) is 5.54 Å². The van der Waals surface area contributed by atoms with Crippen LogP contribution in [0.15, 0.2) is 18.2 Å². The molecule has 0 amide bonds. The molecule has 3 N–H and O–H groups in total. The average Bonchev–Trinajstić information content (AvgIpc) is 2.80. The van der Waals surface area contributed by atoms with Crippen LogP contribution in [0.3, 0.4) is 0 Å². The molecule has 1 aromatic heterocycles. The van der Waals surface area contributed by atoms with Gasteiger partial charge in [0, 0.05) is 28.2 Å². The van der Waals surface area contributed by atoms with Crippen LogP contribution >= 0.6 is 11.6 Å². The summed E-state index contributed by atoms with van der Waals surface area (Å²) < 4.78 is 0. The Morgan fingerprint density at radius 3 is 2.79 bits per heavy atom. The molecule has 0 saturated carbocycles. The predicted octanol–water partition coefficient (Wildman–Crippen LogP) is 2.55. The Kier molecular flexibility index (Phi) is 2.62. The maximum atomic E-state index is 6.16. The molecule has 2 aliphatic rings. The van der Waals surface area contributed by atoms with Gasteiger partial charge in [0.15, 0.2) is 0 Å². The number of piperidine rings is 1. The van der Waals surface area contributed by atoms with E-state index in [-0.39, 0.29) is 5.54 Å². The van der Waals surface area contributed by atoms with E-state index in [4.69, 9.17) is 11.6 Å². The lowest BCUT2D eigenvalue weighted by atomic mass is 9.80. The molecular weight excluding hydrogens is 258 g/mol. The first kappa shape index (κ1) is 11.8. The number of hydrogen-bond acceptors (Lipinski definition) is 2. The van der Waals surface area contributed by atoms with Crippen molar-refractivity contribution in [2.45, 2.75) is 24.8 Å². The van der Waals surface area contributed by atoms with Gasteiger partial charge in [-0.2, -0.15) is 0 Å². The molecule has 0 radical (unpaired) electrons. The SMILES string of the molecule is Clc1ccc2[nH]c3c(c2c1)CCNC31CCNCC1. The predicted molar refractivity (Wildman–Crippen MR) is 78.8 cm³/mol. The smallest absolute Gasteiger partial charge is 0.0614 e. The van der Waals surface area contributed by atoms with Crippen molar-refractivity contribution in [1.29, 1.82) is 0 Å². The van der Waals surface area contributed by atoms with Crippen LogP contribution in [0.1, 0.15) is 24.1 Å². The number of H-pyrrole nitrogens is 1. The molecule has 0 aliphatic carbocycles. The van der Waals surface area contributed by atoms with Crippen LogP contribution < -0.4 is 10.6 Å². The highest BCUT2D eigenvalue weighted by molar-refractivity contribution is 6.31. The van der Waals surface area contributed by atoms with Gasteiger partial charge in [-0.3, -0.25) is 0 Å². The van der Waals surface area contributed by atoms with Crippen molar-refractivity contribution in [2.75, 3.05) is 19.6 Å². The van der Waals surface area contributed by atoms with Crippen LogP contribution in [-0.2, 0) is 12.0 Å². The summed E-state index contributed by atoms with van der Waals surface area (Å²) in [6.07, 6.45) is 3.39. The standard InChI is InChI=1S/C15H18ClN3/c16-10-1-2-13-12(9-10)11-3-6-18-15(14(11)19-13)4-7-17-8-5-15/h1-2,9,17-19H,3-8H2. The summed E-state index contributed by atoms with van der Waals surface area (Å²) in [4.78, 5) is 3.65. The summed E-state index contributed by atoms with van der Waals surface area (Å²) in [6.45, 7) is 3.23. The van der Waals surface area contributed by atoms with E-state index in [2.05, 4.69) is 27.8 Å². The van der Waals surface area contributed by atoms with E-state index in [1.807, 2.05) is 6.07 Å². The fourth-order valence-corrected chi connectivity index (χ4v) is 3.86. The maximum absolute atomic E-state index is 6.16. The first-order chi connectivity index (χ1) is 9.28. The van der Waals surface area contributed by atoms with Gasteiger partial charge in [-0.1, -0.05) is 11.6 Å². The molecule has 0 bridgehead atoms. The molecule has 2 aliphatic heterocycles. The second-order valence-electron chi connectivity index (χ2n) is 5.68. The zero-order chi connectivity index (χ0) is 12.9. The van der Waals surface area contributed by atoms with Crippen molar-refractivity contribution in [2.24, 2.45) is 0 Å². The van der Waals surface area contributed by atoms with Crippen LogP contribution in [0, 0.1) is 0 Å². The topological polar surface area (TPSA) is 39.9 Å².